The van der Waals surface area contributed by atoms with Gasteiger partial charge in [0.1, 0.15) is 0 Å². The maximum absolute atomic E-state index is 13.1. The minimum absolute atomic E-state index is 0.180. The molecule has 0 saturated heterocycles. The zero-order valence-electron chi connectivity index (χ0n) is 15.8. The summed E-state index contributed by atoms with van der Waals surface area (Å²) in [7, 11) is 1.99. The summed E-state index contributed by atoms with van der Waals surface area (Å²) in [5.74, 6) is 0.180. The van der Waals surface area contributed by atoms with Crippen molar-refractivity contribution in [1.82, 2.24) is 9.47 Å². The maximum Gasteiger partial charge on any atom is 0.255 e. The summed E-state index contributed by atoms with van der Waals surface area (Å²) in [6.45, 7) is 4.99. The Labute approximate surface area is 151 Å². The van der Waals surface area contributed by atoms with Gasteiger partial charge in [0.15, 0.2) is 0 Å². The van der Waals surface area contributed by atoms with Crippen LogP contribution in [0.3, 0.4) is 0 Å². The molecule has 0 aliphatic heterocycles. The number of aryl methyl sites for hydroxylation is 1. The van der Waals surface area contributed by atoms with E-state index < -0.39 is 0 Å². The molecule has 0 spiro atoms. The monoisotopic (exact) mass is 338 g/mol. The molecule has 3 nitrogen and oxygen atoms in total. The number of amides is 1. The Morgan fingerprint density at radius 1 is 1.08 bits per heavy atom. The van der Waals surface area contributed by atoms with Crippen LogP contribution in [-0.4, -0.2) is 28.5 Å². The first kappa shape index (κ1) is 17.8. The highest BCUT2D eigenvalue weighted by Crippen LogP contribution is 2.24. The highest BCUT2D eigenvalue weighted by Gasteiger charge is 2.25. The van der Waals surface area contributed by atoms with E-state index in [0.29, 0.717) is 6.04 Å². The Morgan fingerprint density at radius 2 is 1.72 bits per heavy atom. The van der Waals surface area contributed by atoms with E-state index in [0.717, 1.165) is 36.3 Å². The molecule has 1 heterocycles. The first-order valence-electron chi connectivity index (χ1n) is 9.55. The van der Waals surface area contributed by atoms with Gasteiger partial charge in [0.05, 0.1) is 5.56 Å². The average Bonchev–Trinajstić information content (AvgIpc) is 2.83. The van der Waals surface area contributed by atoms with Crippen molar-refractivity contribution in [2.24, 2.45) is 0 Å². The number of aromatic nitrogens is 1. The molecule has 1 fully saturated rings. The van der Waals surface area contributed by atoms with Gasteiger partial charge in [0, 0.05) is 31.0 Å². The fourth-order valence-electron chi connectivity index (χ4n) is 4.03. The number of hydrogen-bond acceptors (Lipinski definition) is 1. The van der Waals surface area contributed by atoms with Crippen molar-refractivity contribution in [2.45, 2.75) is 65.0 Å². The lowest BCUT2D eigenvalue weighted by Crippen LogP contribution is -2.37. The Balaban J connectivity index is 1.80. The van der Waals surface area contributed by atoms with Crippen LogP contribution in [0.2, 0.25) is 0 Å². The summed E-state index contributed by atoms with van der Waals surface area (Å²) in [5.41, 5.74) is 4.35. The van der Waals surface area contributed by atoms with Gasteiger partial charge in [-0.1, -0.05) is 56.0 Å². The van der Waals surface area contributed by atoms with Crippen molar-refractivity contribution in [2.75, 3.05) is 7.05 Å². The topological polar surface area (TPSA) is 25.2 Å². The number of carbonyl (C=O) groups is 1. The molecule has 0 radical (unpaired) electrons. The lowest BCUT2D eigenvalue weighted by Gasteiger charge is -2.27. The van der Waals surface area contributed by atoms with Gasteiger partial charge in [0.25, 0.3) is 5.91 Å². The van der Waals surface area contributed by atoms with Gasteiger partial charge < -0.3 is 9.47 Å². The van der Waals surface area contributed by atoms with Crippen LogP contribution in [0.1, 0.15) is 65.8 Å². The predicted molar refractivity (Wildman–Crippen MR) is 103 cm³/mol. The van der Waals surface area contributed by atoms with Gasteiger partial charge in [-0.05, 0) is 38.3 Å². The van der Waals surface area contributed by atoms with Crippen LogP contribution in [0.25, 0.3) is 0 Å². The summed E-state index contributed by atoms with van der Waals surface area (Å²) in [5, 5.41) is 0. The first-order chi connectivity index (χ1) is 12.1. The second-order valence-corrected chi connectivity index (χ2v) is 7.42. The average molecular weight is 338 g/mol. The second-order valence-electron chi connectivity index (χ2n) is 7.42. The number of benzene rings is 1. The van der Waals surface area contributed by atoms with Crippen molar-refractivity contribution in [3.63, 3.8) is 0 Å². The molecule has 0 N–H and O–H groups in total. The molecule has 2 aromatic rings. The Hall–Kier alpha value is -2.03. The second kappa shape index (κ2) is 7.90. The Bertz CT molecular complexity index is 709. The molecule has 3 heteroatoms. The minimum atomic E-state index is 0.180. The summed E-state index contributed by atoms with van der Waals surface area (Å²) in [6, 6.07) is 12.9. The lowest BCUT2D eigenvalue weighted by atomic mass is 10.1. The lowest BCUT2D eigenvalue weighted by molar-refractivity contribution is 0.0717. The van der Waals surface area contributed by atoms with E-state index >= 15 is 0 Å². The summed E-state index contributed by atoms with van der Waals surface area (Å²) in [6.07, 6.45) is 7.40. The molecule has 25 heavy (non-hydrogen) atoms. The molecule has 1 aliphatic rings. The third kappa shape index (κ3) is 3.97. The SMILES string of the molecule is Cc1cc(C(=O)N(C)C2CCCCCC2)c(C)n1Cc1ccccc1. The quantitative estimate of drug-likeness (QED) is 0.724. The van der Waals surface area contributed by atoms with Crippen LogP contribution in [0, 0.1) is 13.8 Å². The first-order valence-corrected chi connectivity index (χ1v) is 9.55. The number of hydrogen-bond donors (Lipinski definition) is 0. The molecule has 1 aliphatic carbocycles. The zero-order chi connectivity index (χ0) is 17.8. The minimum Gasteiger partial charge on any atom is -0.344 e. The Morgan fingerprint density at radius 3 is 2.36 bits per heavy atom. The predicted octanol–water partition coefficient (Wildman–Crippen LogP) is 4.95. The molecule has 1 saturated carbocycles. The molecule has 1 amide bonds. The molecule has 1 aromatic carbocycles. The smallest absolute Gasteiger partial charge is 0.255 e. The number of nitrogens with zero attached hydrogens (tertiary/aromatic N) is 2. The number of carbonyl (C=O) groups excluding carboxylic acids is 1. The molecular weight excluding hydrogens is 308 g/mol. The highest BCUT2D eigenvalue weighted by atomic mass is 16.2. The molecule has 0 bridgehead atoms. The molecule has 0 unspecified atom stereocenters. The summed E-state index contributed by atoms with van der Waals surface area (Å²) >= 11 is 0. The summed E-state index contributed by atoms with van der Waals surface area (Å²) < 4.78 is 2.25. The van der Waals surface area contributed by atoms with Crippen molar-refractivity contribution >= 4 is 5.91 Å². The van der Waals surface area contributed by atoms with Gasteiger partial charge in [-0.15, -0.1) is 0 Å². The third-order valence-corrected chi connectivity index (χ3v) is 5.68. The van der Waals surface area contributed by atoms with E-state index in [9.17, 15) is 4.79 Å². The van der Waals surface area contributed by atoms with Crippen LogP contribution in [0.4, 0.5) is 0 Å². The highest BCUT2D eigenvalue weighted by molar-refractivity contribution is 5.95. The van der Waals surface area contributed by atoms with E-state index in [1.165, 1.54) is 31.2 Å². The van der Waals surface area contributed by atoms with Crippen LogP contribution < -0.4 is 0 Å². The van der Waals surface area contributed by atoms with E-state index in [2.05, 4.69) is 48.7 Å². The van der Waals surface area contributed by atoms with Gasteiger partial charge in [-0.25, -0.2) is 0 Å². The van der Waals surface area contributed by atoms with Gasteiger partial charge in [0.2, 0.25) is 0 Å². The van der Waals surface area contributed by atoms with Crippen LogP contribution in [0.5, 0.6) is 0 Å². The van der Waals surface area contributed by atoms with E-state index in [-0.39, 0.29) is 5.91 Å². The summed E-state index contributed by atoms with van der Waals surface area (Å²) in [4.78, 5) is 15.1. The van der Waals surface area contributed by atoms with Crippen molar-refractivity contribution < 1.29 is 4.79 Å². The van der Waals surface area contributed by atoms with E-state index in [1.54, 1.807) is 0 Å². The largest absolute Gasteiger partial charge is 0.344 e. The zero-order valence-corrected chi connectivity index (χ0v) is 15.8. The van der Waals surface area contributed by atoms with Crippen LogP contribution in [0.15, 0.2) is 36.4 Å². The molecule has 0 atom stereocenters. The van der Waals surface area contributed by atoms with E-state index in [1.807, 2.05) is 18.0 Å². The Kier molecular flexibility index (Phi) is 5.62. The molecule has 1 aromatic heterocycles. The van der Waals surface area contributed by atoms with Crippen LogP contribution in [-0.2, 0) is 6.54 Å². The fourth-order valence-corrected chi connectivity index (χ4v) is 4.03. The fraction of sp³-hybridized carbons (Fsp3) is 0.500. The molecule has 3 rings (SSSR count). The van der Waals surface area contributed by atoms with Crippen LogP contribution >= 0.6 is 0 Å². The molecule has 134 valence electrons. The number of rotatable bonds is 4. The molecular formula is C22H30N2O. The van der Waals surface area contributed by atoms with E-state index in [4.69, 9.17) is 0 Å². The van der Waals surface area contributed by atoms with Crippen molar-refractivity contribution in [3.05, 3.63) is 58.9 Å². The standard InChI is InChI=1S/C22H30N2O/c1-17-15-21(18(2)24(17)16-19-11-7-6-8-12-19)22(25)23(3)20-13-9-4-5-10-14-20/h6-8,11-12,15,20H,4-5,9-10,13-14,16H2,1-3H3. The normalized spacial score (nSPS) is 15.8. The van der Waals surface area contributed by atoms with Gasteiger partial charge >= 0.3 is 0 Å². The van der Waals surface area contributed by atoms with Crippen molar-refractivity contribution in [3.8, 4) is 0 Å². The maximum atomic E-state index is 13.1. The third-order valence-electron chi connectivity index (χ3n) is 5.68. The van der Waals surface area contributed by atoms with Crippen molar-refractivity contribution in [1.29, 1.82) is 0 Å². The van der Waals surface area contributed by atoms with Gasteiger partial charge in [-0.2, -0.15) is 0 Å². The van der Waals surface area contributed by atoms with Gasteiger partial charge in [-0.3, -0.25) is 4.79 Å².